The second-order valence-electron chi connectivity index (χ2n) is 9.09. The molecule has 5 heterocycles. The summed E-state index contributed by atoms with van der Waals surface area (Å²) < 4.78 is 32.7. The van der Waals surface area contributed by atoms with Crippen molar-refractivity contribution in [2.45, 2.75) is 18.4 Å². The molecule has 184 valence electrons. The Kier molecular flexibility index (Phi) is 4.58. The monoisotopic (exact) mass is 519 g/mol. The number of aromatic nitrogens is 8. The Hall–Kier alpha value is -4.45. The maximum Gasteiger partial charge on any atom is 0.252 e. The predicted molar refractivity (Wildman–Crippen MR) is 129 cm³/mol. The highest BCUT2D eigenvalue weighted by Crippen LogP contribution is 2.60. The first-order valence-corrected chi connectivity index (χ1v) is 11.7. The van der Waals surface area contributed by atoms with Crippen LogP contribution in [0.2, 0.25) is 5.02 Å². The van der Waals surface area contributed by atoms with Crippen molar-refractivity contribution in [3.05, 3.63) is 87.6 Å². The molecular weight excluding hydrogens is 504 g/mol. The SMILES string of the molecule is Nc1ccc(-c2cnc([C@@H]3[C@H]4C[C@H]4c4cc(-c5c(-n6cnnn6)ccc(Cl)c5F)cc(=O)n43)[nH]2)c(F)n1. The van der Waals surface area contributed by atoms with Gasteiger partial charge < -0.3 is 15.3 Å². The second kappa shape index (κ2) is 7.77. The molecule has 0 saturated heterocycles. The Morgan fingerprint density at radius 3 is 2.81 bits per heavy atom. The fraction of sp³-hybridized carbons (Fsp3) is 0.167. The number of aromatic amines is 1. The Balaban J connectivity index is 1.33. The Morgan fingerprint density at radius 2 is 2.03 bits per heavy atom. The number of nitrogens with two attached hydrogens (primary N) is 1. The van der Waals surface area contributed by atoms with Crippen molar-refractivity contribution in [1.29, 1.82) is 0 Å². The third-order valence-electron chi connectivity index (χ3n) is 6.99. The zero-order valence-electron chi connectivity index (χ0n) is 18.8. The molecule has 37 heavy (non-hydrogen) atoms. The van der Waals surface area contributed by atoms with Gasteiger partial charge in [0.25, 0.3) is 5.56 Å². The second-order valence-corrected chi connectivity index (χ2v) is 9.50. The maximum atomic E-state index is 15.3. The normalized spacial score (nSPS) is 19.6. The summed E-state index contributed by atoms with van der Waals surface area (Å²) in [5, 5.41) is 11.0. The molecule has 1 fully saturated rings. The van der Waals surface area contributed by atoms with Crippen molar-refractivity contribution in [3.8, 4) is 28.1 Å². The van der Waals surface area contributed by atoms with Crippen LogP contribution in [-0.2, 0) is 0 Å². The van der Waals surface area contributed by atoms with Crippen molar-refractivity contribution in [1.82, 2.24) is 39.7 Å². The molecule has 13 heteroatoms. The van der Waals surface area contributed by atoms with Crippen LogP contribution in [0.1, 0.15) is 29.9 Å². The van der Waals surface area contributed by atoms with Crippen LogP contribution in [0.15, 0.2) is 53.7 Å². The van der Waals surface area contributed by atoms with E-state index < -0.39 is 11.8 Å². The number of nitrogens with one attached hydrogen (secondary N) is 1. The molecule has 5 aromatic rings. The van der Waals surface area contributed by atoms with Gasteiger partial charge in [-0.2, -0.15) is 9.07 Å². The summed E-state index contributed by atoms with van der Waals surface area (Å²) in [5.74, 6) is -0.519. The van der Waals surface area contributed by atoms with Crippen LogP contribution >= 0.6 is 11.6 Å². The molecule has 0 amide bonds. The molecule has 7 rings (SSSR count). The molecule has 1 aromatic carbocycles. The van der Waals surface area contributed by atoms with E-state index in [1.165, 1.54) is 41.5 Å². The number of pyridine rings is 2. The first-order chi connectivity index (χ1) is 17.9. The fourth-order valence-corrected chi connectivity index (χ4v) is 5.46. The third-order valence-corrected chi connectivity index (χ3v) is 7.29. The van der Waals surface area contributed by atoms with Gasteiger partial charge in [-0.15, -0.1) is 5.10 Å². The molecule has 2 aliphatic rings. The number of benzene rings is 1. The summed E-state index contributed by atoms with van der Waals surface area (Å²) in [4.78, 5) is 24.7. The van der Waals surface area contributed by atoms with E-state index >= 15 is 4.39 Å². The van der Waals surface area contributed by atoms with Gasteiger partial charge >= 0.3 is 0 Å². The molecule has 0 spiro atoms. The van der Waals surface area contributed by atoms with Gasteiger partial charge in [0.1, 0.15) is 18.0 Å². The quantitative estimate of drug-likeness (QED) is 0.347. The lowest BCUT2D eigenvalue weighted by Crippen LogP contribution is -2.26. The molecule has 1 aliphatic carbocycles. The topological polar surface area (TPSA) is 133 Å². The largest absolute Gasteiger partial charge is 0.384 e. The van der Waals surface area contributed by atoms with Gasteiger partial charge in [-0.05, 0) is 58.7 Å². The number of H-pyrrole nitrogens is 1. The van der Waals surface area contributed by atoms with Gasteiger partial charge in [-0.3, -0.25) is 4.79 Å². The number of nitrogen functional groups attached to an aromatic ring is 1. The van der Waals surface area contributed by atoms with Crippen LogP contribution in [0.3, 0.4) is 0 Å². The van der Waals surface area contributed by atoms with Gasteiger partial charge in [-0.25, -0.2) is 14.4 Å². The van der Waals surface area contributed by atoms with Gasteiger partial charge in [0.05, 0.1) is 34.2 Å². The van der Waals surface area contributed by atoms with Crippen LogP contribution in [0.4, 0.5) is 14.6 Å². The number of fused-ring (bicyclic) bond motifs is 3. The lowest BCUT2D eigenvalue weighted by molar-refractivity contribution is 0.514. The van der Waals surface area contributed by atoms with Gasteiger partial charge in [0.2, 0.25) is 5.95 Å². The van der Waals surface area contributed by atoms with Crippen molar-refractivity contribution >= 4 is 17.4 Å². The molecule has 0 bridgehead atoms. The van der Waals surface area contributed by atoms with Gasteiger partial charge in [0, 0.05) is 23.2 Å². The molecule has 1 aliphatic heterocycles. The standard InChI is InChI=1S/C24H16ClF2N9O/c25-14-2-3-16(35-9-30-33-34-35)20(21(14)26)10-5-17-12-7-13(12)22(36(17)19(37)6-10)24-29-8-15(31-24)11-1-4-18(28)32-23(11)27/h1-6,8-9,12-13,22H,7H2,(H2,28,32)(H,29,31)/t12-,13+,22+/m1/s1. The number of halogens is 3. The first kappa shape index (κ1) is 21.8. The molecule has 4 aromatic heterocycles. The van der Waals surface area contributed by atoms with Gasteiger partial charge in [0.15, 0.2) is 5.82 Å². The summed E-state index contributed by atoms with van der Waals surface area (Å²) in [6.45, 7) is 0. The minimum Gasteiger partial charge on any atom is -0.384 e. The van der Waals surface area contributed by atoms with E-state index in [4.69, 9.17) is 17.3 Å². The van der Waals surface area contributed by atoms with E-state index in [-0.39, 0.29) is 45.4 Å². The molecule has 3 atom stereocenters. The smallest absolute Gasteiger partial charge is 0.252 e. The number of hydrogen-bond acceptors (Lipinski definition) is 7. The van der Waals surface area contributed by atoms with E-state index in [0.717, 1.165) is 12.1 Å². The average Bonchev–Trinajstić information content (AvgIpc) is 3.21. The maximum absolute atomic E-state index is 15.3. The molecular formula is C24H16ClF2N9O. The molecule has 3 N–H and O–H groups in total. The van der Waals surface area contributed by atoms with Crippen LogP contribution in [0, 0.1) is 17.7 Å². The number of rotatable bonds is 4. The Bertz CT molecular complexity index is 1760. The fourth-order valence-electron chi connectivity index (χ4n) is 5.30. The molecule has 1 saturated carbocycles. The van der Waals surface area contributed by atoms with E-state index in [1.807, 2.05) is 6.07 Å². The molecule has 0 unspecified atom stereocenters. The Labute approximate surface area is 211 Å². The van der Waals surface area contributed by atoms with Crippen molar-refractivity contribution in [2.24, 2.45) is 5.92 Å². The third kappa shape index (κ3) is 3.29. The summed E-state index contributed by atoms with van der Waals surface area (Å²) in [5.41, 5.74) is 7.54. The highest BCUT2D eigenvalue weighted by molar-refractivity contribution is 6.31. The lowest BCUT2D eigenvalue weighted by Gasteiger charge is -2.18. The first-order valence-electron chi connectivity index (χ1n) is 11.4. The highest BCUT2D eigenvalue weighted by atomic mass is 35.5. The number of nitrogens with zero attached hydrogens (tertiary/aromatic N) is 7. The van der Waals surface area contributed by atoms with Crippen molar-refractivity contribution in [3.63, 3.8) is 0 Å². The minimum absolute atomic E-state index is 0.0771. The van der Waals surface area contributed by atoms with Crippen molar-refractivity contribution in [2.75, 3.05) is 5.73 Å². The van der Waals surface area contributed by atoms with E-state index in [9.17, 15) is 9.18 Å². The van der Waals surface area contributed by atoms with Crippen LogP contribution < -0.4 is 11.3 Å². The highest BCUT2D eigenvalue weighted by Gasteiger charge is 2.54. The molecule has 0 radical (unpaired) electrons. The average molecular weight is 520 g/mol. The number of hydrogen-bond donors (Lipinski definition) is 2. The predicted octanol–water partition coefficient (Wildman–Crippen LogP) is 3.50. The van der Waals surface area contributed by atoms with Crippen LogP contribution in [0.25, 0.3) is 28.1 Å². The summed E-state index contributed by atoms with van der Waals surface area (Å²) in [7, 11) is 0. The summed E-state index contributed by atoms with van der Waals surface area (Å²) in [6.07, 6.45) is 3.70. The zero-order valence-corrected chi connectivity index (χ0v) is 19.6. The van der Waals surface area contributed by atoms with E-state index in [2.05, 4.69) is 30.5 Å². The van der Waals surface area contributed by atoms with E-state index in [0.29, 0.717) is 22.8 Å². The lowest BCUT2D eigenvalue weighted by atomic mass is 10.0. The van der Waals surface area contributed by atoms with Crippen LogP contribution in [0.5, 0.6) is 0 Å². The zero-order chi connectivity index (χ0) is 25.4. The summed E-state index contributed by atoms with van der Waals surface area (Å²) in [6, 6.07) is 8.87. The summed E-state index contributed by atoms with van der Waals surface area (Å²) >= 11 is 6.10. The van der Waals surface area contributed by atoms with Crippen LogP contribution in [-0.4, -0.2) is 39.7 Å². The van der Waals surface area contributed by atoms with E-state index in [1.54, 1.807) is 10.6 Å². The molecule has 10 nitrogen and oxygen atoms in total. The van der Waals surface area contributed by atoms with Crippen molar-refractivity contribution < 1.29 is 8.78 Å². The van der Waals surface area contributed by atoms with Gasteiger partial charge in [-0.1, -0.05) is 11.6 Å². The minimum atomic E-state index is -0.713. The number of imidazole rings is 1. The Morgan fingerprint density at radius 1 is 1.16 bits per heavy atom. The number of tetrazole rings is 1. The number of anilines is 1.